The van der Waals surface area contributed by atoms with E-state index in [4.69, 9.17) is 0 Å². The van der Waals surface area contributed by atoms with E-state index in [-0.39, 0.29) is 0 Å². The van der Waals surface area contributed by atoms with E-state index in [0.29, 0.717) is 0 Å². The van der Waals surface area contributed by atoms with E-state index >= 15 is 0 Å². The van der Waals surface area contributed by atoms with Crippen LogP contribution in [0.1, 0.15) is 35.7 Å². The predicted octanol–water partition coefficient (Wildman–Crippen LogP) is 2.02. The fourth-order valence-corrected chi connectivity index (χ4v) is 2.44. The van der Waals surface area contributed by atoms with Gasteiger partial charge in [0.05, 0.1) is 0 Å². The molecule has 0 saturated heterocycles. The van der Waals surface area contributed by atoms with E-state index in [1.165, 1.54) is 24.0 Å². The van der Waals surface area contributed by atoms with Crippen molar-refractivity contribution in [3.8, 4) is 0 Å². The predicted molar refractivity (Wildman–Crippen MR) is 74.8 cm³/mol. The maximum atomic E-state index is 4.09. The smallest absolute Gasteiger partial charge is 0.133 e. The minimum absolute atomic E-state index is 0.816. The molecule has 4 heteroatoms. The number of aromatic nitrogens is 3. The number of benzene rings is 1. The number of rotatable bonds is 6. The third-order valence-electron chi connectivity index (χ3n) is 3.72. The second-order valence-corrected chi connectivity index (χ2v) is 5.26. The third-order valence-corrected chi connectivity index (χ3v) is 3.72. The van der Waals surface area contributed by atoms with Crippen LogP contribution in [-0.4, -0.2) is 21.3 Å². The van der Waals surface area contributed by atoms with Crippen LogP contribution in [0.25, 0.3) is 0 Å². The molecule has 0 atom stereocenters. The number of aryl methyl sites for hydroxylation is 1. The van der Waals surface area contributed by atoms with Crippen LogP contribution in [0.3, 0.4) is 0 Å². The largest absolute Gasteiger partial charge is 0.321 e. The maximum absolute atomic E-state index is 4.09. The molecule has 1 aliphatic rings. The van der Waals surface area contributed by atoms with Gasteiger partial charge in [-0.2, -0.15) is 0 Å². The molecule has 0 unspecified atom stereocenters. The molecule has 4 nitrogen and oxygen atoms in total. The Labute approximate surface area is 113 Å². The highest BCUT2D eigenvalue weighted by Gasteiger charge is 2.25. The van der Waals surface area contributed by atoms with Crippen molar-refractivity contribution in [3.63, 3.8) is 0 Å². The Hall–Kier alpha value is -1.68. The Kier molecular flexibility index (Phi) is 3.60. The molecule has 0 radical (unpaired) electrons. The maximum Gasteiger partial charge on any atom is 0.133 e. The van der Waals surface area contributed by atoms with Crippen LogP contribution in [0.2, 0.25) is 0 Å². The Morgan fingerprint density at radius 1 is 1.32 bits per heavy atom. The molecule has 0 amide bonds. The van der Waals surface area contributed by atoms with Crippen molar-refractivity contribution in [1.29, 1.82) is 0 Å². The van der Waals surface area contributed by atoms with Crippen molar-refractivity contribution in [2.45, 2.75) is 31.7 Å². The van der Waals surface area contributed by atoms with Crippen molar-refractivity contribution < 1.29 is 0 Å². The topological polar surface area (TPSA) is 42.7 Å². The standard InChI is InChI=1S/C15H20N4/c1-19-11-17-18-15(19)8-9-16-10-13-4-2-3-5-14(13)12-6-7-12/h2-5,11-12,16H,6-10H2,1H3. The molecule has 1 N–H and O–H groups in total. The Morgan fingerprint density at radius 3 is 2.89 bits per heavy atom. The highest BCUT2D eigenvalue weighted by molar-refractivity contribution is 5.33. The van der Waals surface area contributed by atoms with E-state index in [9.17, 15) is 0 Å². The summed E-state index contributed by atoms with van der Waals surface area (Å²) in [6.45, 7) is 1.88. The molecule has 100 valence electrons. The molecular weight excluding hydrogens is 236 g/mol. The van der Waals surface area contributed by atoms with Gasteiger partial charge in [-0.1, -0.05) is 24.3 Å². The summed E-state index contributed by atoms with van der Waals surface area (Å²) in [5, 5.41) is 11.5. The van der Waals surface area contributed by atoms with Gasteiger partial charge in [0.25, 0.3) is 0 Å². The molecular formula is C15H20N4. The molecule has 1 aromatic carbocycles. The lowest BCUT2D eigenvalue weighted by atomic mass is 10.0. The van der Waals surface area contributed by atoms with Crippen molar-refractivity contribution in [3.05, 3.63) is 47.5 Å². The summed E-state index contributed by atoms with van der Waals surface area (Å²) >= 11 is 0. The molecule has 19 heavy (non-hydrogen) atoms. The van der Waals surface area contributed by atoms with Gasteiger partial charge in [0.2, 0.25) is 0 Å². The first kappa shape index (κ1) is 12.4. The first-order chi connectivity index (χ1) is 9.34. The van der Waals surface area contributed by atoms with Gasteiger partial charge in [-0.25, -0.2) is 0 Å². The van der Waals surface area contributed by atoms with E-state index < -0.39 is 0 Å². The van der Waals surface area contributed by atoms with Gasteiger partial charge < -0.3 is 9.88 Å². The lowest BCUT2D eigenvalue weighted by Crippen LogP contribution is -2.18. The van der Waals surface area contributed by atoms with Crippen LogP contribution < -0.4 is 5.32 Å². The zero-order chi connectivity index (χ0) is 13.1. The zero-order valence-corrected chi connectivity index (χ0v) is 11.3. The van der Waals surface area contributed by atoms with Crippen LogP contribution in [0.15, 0.2) is 30.6 Å². The summed E-state index contributed by atoms with van der Waals surface area (Å²) in [6.07, 6.45) is 5.38. The molecule has 1 saturated carbocycles. The van der Waals surface area contributed by atoms with Gasteiger partial charge in [-0.3, -0.25) is 0 Å². The van der Waals surface area contributed by atoms with Crippen molar-refractivity contribution in [2.24, 2.45) is 7.05 Å². The molecule has 0 aliphatic heterocycles. The zero-order valence-electron chi connectivity index (χ0n) is 11.3. The Balaban J connectivity index is 1.51. The van der Waals surface area contributed by atoms with Gasteiger partial charge in [0.1, 0.15) is 12.2 Å². The molecule has 2 aromatic rings. The van der Waals surface area contributed by atoms with Gasteiger partial charge >= 0.3 is 0 Å². The van der Waals surface area contributed by atoms with Gasteiger partial charge in [0.15, 0.2) is 0 Å². The van der Waals surface area contributed by atoms with Crippen LogP contribution in [-0.2, 0) is 20.0 Å². The highest BCUT2D eigenvalue weighted by Crippen LogP contribution is 2.41. The van der Waals surface area contributed by atoms with E-state index in [1.807, 2.05) is 11.6 Å². The van der Waals surface area contributed by atoms with Crippen molar-refractivity contribution in [2.75, 3.05) is 6.54 Å². The normalized spacial score (nSPS) is 14.8. The summed E-state index contributed by atoms with van der Waals surface area (Å²) < 4.78 is 1.97. The average molecular weight is 256 g/mol. The molecule has 1 aliphatic carbocycles. The van der Waals surface area contributed by atoms with Crippen molar-refractivity contribution in [1.82, 2.24) is 20.1 Å². The minimum Gasteiger partial charge on any atom is -0.321 e. The van der Waals surface area contributed by atoms with Crippen LogP contribution in [0, 0.1) is 0 Å². The van der Waals surface area contributed by atoms with Gasteiger partial charge in [0, 0.05) is 26.6 Å². The van der Waals surface area contributed by atoms with E-state index in [1.54, 1.807) is 6.33 Å². The first-order valence-corrected chi connectivity index (χ1v) is 6.96. The van der Waals surface area contributed by atoms with E-state index in [2.05, 4.69) is 39.8 Å². The fourth-order valence-electron chi connectivity index (χ4n) is 2.44. The Bertz CT molecular complexity index is 543. The second-order valence-electron chi connectivity index (χ2n) is 5.26. The summed E-state index contributed by atoms with van der Waals surface area (Å²) in [6, 6.07) is 8.79. The lowest BCUT2D eigenvalue weighted by molar-refractivity contribution is 0.651. The summed E-state index contributed by atoms with van der Waals surface area (Å²) in [4.78, 5) is 0. The average Bonchev–Trinajstić information content (AvgIpc) is 3.19. The fraction of sp³-hybridized carbons (Fsp3) is 0.467. The lowest BCUT2D eigenvalue weighted by Gasteiger charge is -2.09. The molecule has 3 rings (SSSR count). The highest BCUT2D eigenvalue weighted by atomic mass is 15.2. The molecule has 0 bridgehead atoms. The van der Waals surface area contributed by atoms with Crippen LogP contribution in [0.4, 0.5) is 0 Å². The summed E-state index contributed by atoms with van der Waals surface area (Å²) in [5.74, 6) is 1.85. The quantitative estimate of drug-likeness (QED) is 0.804. The Morgan fingerprint density at radius 2 is 2.16 bits per heavy atom. The number of nitrogens with zero attached hydrogens (tertiary/aromatic N) is 3. The number of hydrogen-bond donors (Lipinski definition) is 1. The van der Waals surface area contributed by atoms with Crippen molar-refractivity contribution >= 4 is 0 Å². The van der Waals surface area contributed by atoms with E-state index in [0.717, 1.165) is 31.3 Å². The van der Waals surface area contributed by atoms with Crippen LogP contribution in [0.5, 0.6) is 0 Å². The molecule has 0 spiro atoms. The van der Waals surface area contributed by atoms with Gasteiger partial charge in [-0.15, -0.1) is 10.2 Å². The summed E-state index contributed by atoms with van der Waals surface area (Å²) in [7, 11) is 1.98. The number of hydrogen-bond acceptors (Lipinski definition) is 3. The minimum atomic E-state index is 0.816. The summed E-state index contributed by atoms with van der Waals surface area (Å²) in [5.41, 5.74) is 2.98. The number of nitrogens with one attached hydrogen (secondary N) is 1. The second kappa shape index (κ2) is 5.53. The molecule has 1 aromatic heterocycles. The van der Waals surface area contributed by atoms with Gasteiger partial charge in [-0.05, 0) is 29.9 Å². The molecule has 1 fully saturated rings. The molecule has 1 heterocycles. The first-order valence-electron chi connectivity index (χ1n) is 6.96. The van der Waals surface area contributed by atoms with Crippen LogP contribution >= 0.6 is 0 Å². The SMILES string of the molecule is Cn1cnnc1CCNCc1ccccc1C1CC1. The third kappa shape index (κ3) is 3.01. The monoisotopic (exact) mass is 256 g/mol.